The first kappa shape index (κ1) is 27.8. The van der Waals surface area contributed by atoms with Gasteiger partial charge in [0.15, 0.2) is 5.11 Å². The van der Waals surface area contributed by atoms with Crippen LogP contribution in [0.25, 0.3) is 0 Å². The molecule has 0 aliphatic carbocycles. The molecule has 0 fully saturated rings. The molecular weight excluding hydrogens is 486 g/mol. The van der Waals surface area contributed by atoms with E-state index < -0.39 is 0 Å². The summed E-state index contributed by atoms with van der Waals surface area (Å²) < 4.78 is 10.8. The predicted octanol–water partition coefficient (Wildman–Crippen LogP) is 5.78. The van der Waals surface area contributed by atoms with Gasteiger partial charge in [-0.3, -0.25) is 14.9 Å². The molecule has 0 atom stereocenters. The number of hydrogen-bond acceptors (Lipinski definition) is 5. The van der Waals surface area contributed by atoms with Gasteiger partial charge in [-0.2, -0.15) is 0 Å². The Bertz CT molecular complexity index is 1200. The number of benzene rings is 3. The van der Waals surface area contributed by atoms with E-state index in [1.165, 1.54) is 5.56 Å². The highest BCUT2D eigenvalue weighted by Gasteiger charge is 2.14. The summed E-state index contributed by atoms with van der Waals surface area (Å²) in [5.74, 6) is 0.139. The molecule has 3 rings (SSSR count). The molecule has 0 radical (unpaired) electrons. The molecule has 0 aromatic heterocycles. The minimum atomic E-state index is -0.334. The summed E-state index contributed by atoms with van der Waals surface area (Å²) in [6.07, 6.45) is 0. The van der Waals surface area contributed by atoms with Crippen LogP contribution in [0, 0.1) is 0 Å². The van der Waals surface area contributed by atoms with Crippen LogP contribution >= 0.6 is 12.2 Å². The van der Waals surface area contributed by atoms with Crippen LogP contribution in [0.15, 0.2) is 72.8 Å². The molecule has 0 bridgehead atoms. The van der Waals surface area contributed by atoms with E-state index in [0.717, 1.165) is 0 Å². The topological polar surface area (TPSA) is 88.7 Å². The van der Waals surface area contributed by atoms with Gasteiger partial charge in [0.1, 0.15) is 12.4 Å². The number of carbonyl (C=O) groups excluding carboxylic acids is 2. The van der Waals surface area contributed by atoms with Gasteiger partial charge in [0.25, 0.3) is 11.8 Å². The van der Waals surface area contributed by atoms with Gasteiger partial charge in [-0.1, -0.05) is 32.9 Å². The van der Waals surface area contributed by atoms with Crippen molar-refractivity contribution < 1.29 is 19.1 Å². The molecule has 0 unspecified atom stereocenters. The van der Waals surface area contributed by atoms with Crippen molar-refractivity contribution in [1.82, 2.24) is 5.32 Å². The third-order valence-corrected chi connectivity index (χ3v) is 5.66. The van der Waals surface area contributed by atoms with Crippen LogP contribution in [0.3, 0.4) is 0 Å². The van der Waals surface area contributed by atoms with Crippen LogP contribution < -0.4 is 20.7 Å². The summed E-state index contributed by atoms with van der Waals surface area (Å²) in [4.78, 5) is 25.1. The zero-order chi connectivity index (χ0) is 26.8. The highest BCUT2D eigenvalue weighted by molar-refractivity contribution is 7.80. The first-order chi connectivity index (χ1) is 17.7. The largest absolute Gasteiger partial charge is 0.491 e. The van der Waals surface area contributed by atoms with Crippen molar-refractivity contribution in [2.24, 2.45) is 0 Å². The summed E-state index contributed by atoms with van der Waals surface area (Å²) in [6.45, 7) is 9.92. The van der Waals surface area contributed by atoms with Gasteiger partial charge in [-0.25, -0.2) is 0 Å². The van der Waals surface area contributed by atoms with Gasteiger partial charge in [0.05, 0.1) is 6.61 Å². The summed E-state index contributed by atoms with van der Waals surface area (Å²) in [6, 6.07) is 21.5. The smallest absolute Gasteiger partial charge is 0.257 e. The molecule has 3 N–H and O–H groups in total. The lowest BCUT2D eigenvalue weighted by Crippen LogP contribution is -2.34. The van der Waals surface area contributed by atoms with E-state index in [1.807, 2.05) is 31.2 Å². The van der Waals surface area contributed by atoms with E-state index >= 15 is 0 Å². The van der Waals surface area contributed by atoms with Crippen LogP contribution in [-0.2, 0) is 10.2 Å². The fraction of sp³-hybridized carbons (Fsp3) is 0.276. The number of hydrogen-bond donors (Lipinski definition) is 3. The molecule has 37 heavy (non-hydrogen) atoms. The number of anilines is 2. The van der Waals surface area contributed by atoms with Crippen LogP contribution in [-0.4, -0.2) is 36.7 Å². The highest BCUT2D eigenvalue weighted by atomic mass is 32.1. The van der Waals surface area contributed by atoms with E-state index in [0.29, 0.717) is 48.1 Å². The number of carbonyl (C=O) groups is 2. The van der Waals surface area contributed by atoms with Gasteiger partial charge in [-0.05, 0) is 90.8 Å². The standard InChI is InChI=1S/C29H33N3O4S/c1-5-35-18-19-36-25-16-8-21(9-17-25)27(34)32-28(37)31-24-14-12-23(13-15-24)30-26(33)20-6-10-22(11-7-20)29(2,3)4/h6-17H,5,18-19H2,1-4H3,(H,30,33)(H2,31,32,34,37). The summed E-state index contributed by atoms with van der Waals surface area (Å²) in [5.41, 5.74) is 3.56. The second-order valence-corrected chi connectivity index (χ2v) is 9.75. The van der Waals surface area contributed by atoms with Crippen LogP contribution in [0.1, 0.15) is 54.0 Å². The fourth-order valence-corrected chi connectivity index (χ4v) is 3.58. The Morgan fingerprint density at radius 3 is 1.86 bits per heavy atom. The van der Waals surface area contributed by atoms with Gasteiger partial charge in [0, 0.05) is 29.1 Å². The average molecular weight is 520 g/mol. The van der Waals surface area contributed by atoms with Gasteiger partial charge in [-0.15, -0.1) is 0 Å². The third-order valence-electron chi connectivity index (χ3n) is 5.46. The summed E-state index contributed by atoms with van der Waals surface area (Å²) in [5, 5.41) is 8.68. The normalized spacial score (nSPS) is 10.9. The van der Waals surface area contributed by atoms with Crippen molar-refractivity contribution in [3.8, 4) is 5.75 Å². The average Bonchev–Trinajstić information content (AvgIpc) is 2.87. The number of thiocarbonyl (C=S) groups is 1. The highest BCUT2D eigenvalue weighted by Crippen LogP contribution is 2.22. The number of rotatable bonds is 9. The van der Waals surface area contributed by atoms with Crippen molar-refractivity contribution >= 4 is 40.5 Å². The molecule has 2 amide bonds. The number of ether oxygens (including phenoxy) is 2. The van der Waals surface area contributed by atoms with Crippen molar-refractivity contribution in [1.29, 1.82) is 0 Å². The van der Waals surface area contributed by atoms with Crippen molar-refractivity contribution in [3.63, 3.8) is 0 Å². The molecule has 0 saturated heterocycles. The van der Waals surface area contributed by atoms with E-state index in [-0.39, 0.29) is 22.3 Å². The second kappa shape index (κ2) is 13.0. The molecule has 194 valence electrons. The van der Waals surface area contributed by atoms with E-state index in [4.69, 9.17) is 21.7 Å². The molecule has 7 nitrogen and oxygen atoms in total. The molecule has 0 heterocycles. The second-order valence-electron chi connectivity index (χ2n) is 9.34. The van der Waals surface area contributed by atoms with E-state index in [1.54, 1.807) is 48.5 Å². The minimum Gasteiger partial charge on any atom is -0.491 e. The first-order valence-corrected chi connectivity index (χ1v) is 12.5. The third kappa shape index (κ3) is 8.70. The quantitative estimate of drug-likeness (QED) is 0.245. The van der Waals surface area contributed by atoms with Crippen LogP contribution in [0.2, 0.25) is 0 Å². The Hall–Kier alpha value is -3.75. The van der Waals surface area contributed by atoms with E-state index in [9.17, 15) is 9.59 Å². The van der Waals surface area contributed by atoms with Gasteiger partial charge >= 0.3 is 0 Å². The zero-order valence-electron chi connectivity index (χ0n) is 21.6. The molecule has 8 heteroatoms. The number of nitrogens with one attached hydrogen (secondary N) is 3. The van der Waals surface area contributed by atoms with Gasteiger partial charge in [0.2, 0.25) is 0 Å². The Kier molecular flexibility index (Phi) is 9.77. The molecular formula is C29H33N3O4S. The predicted molar refractivity (Wildman–Crippen MR) is 152 cm³/mol. The van der Waals surface area contributed by atoms with E-state index in [2.05, 4.69) is 36.7 Å². The Labute approximate surface area is 223 Å². The maximum absolute atomic E-state index is 12.6. The maximum Gasteiger partial charge on any atom is 0.257 e. The molecule has 3 aromatic carbocycles. The monoisotopic (exact) mass is 519 g/mol. The first-order valence-electron chi connectivity index (χ1n) is 12.1. The van der Waals surface area contributed by atoms with Crippen molar-refractivity contribution in [3.05, 3.63) is 89.5 Å². The maximum atomic E-state index is 12.6. The zero-order valence-corrected chi connectivity index (χ0v) is 22.4. The summed E-state index contributed by atoms with van der Waals surface area (Å²) in [7, 11) is 0. The Morgan fingerprint density at radius 2 is 1.30 bits per heavy atom. The lowest BCUT2D eigenvalue weighted by Gasteiger charge is -2.19. The molecule has 3 aromatic rings. The molecule has 0 spiro atoms. The Morgan fingerprint density at radius 1 is 0.757 bits per heavy atom. The minimum absolute atomic E-state index is 0.0290. The fourth-order valence-electron chi connectivity index (χ4n) is 3.36. The van der Waals surface area contributed by atoms with Gasteiger partial charge < -0.3 is 20.1 Å². The molecule has 0 saturated carbocycles. The molecule has 0 aliphatic rings. The molecule has 0 aliphatic heterocycles. The Balaban J connectivity index is 1.48. The number of amides is 2. The van der Waals surface area contributed by atoms with Crippen LogP contribution in [0.4, 0.5) is 11.4 Å². The van der Waals surface area contributed by atoms with Crippen molar-refractivity contribution in [2.45, 2.75) is 33.1 Å². The lowest BCUT2D eigenvalue weighted by atomic mass is 9.87. The SMILES string of the molecule is CCOCCOc1ccc(C(=O)NC(=S)Nc2ccc(NC(=O)c3ccc(C(C)(C)C)cc3)cc2)cc1. The summed E-state index contributed by atoms with van der Waals surface area (Å²) >= 11 is 5.27. The van der Waals surface area contributed by atoms with Crippen molar-refractivity contribution in [2.75, 3.05) is 30.5 Å². The lowest BCUT2D eigenvalue weighted by molar-refractivity contribution is 0.0975. The van der Waals surface area contributed by atoms with Crippen LogP contribution in [0.5, 0.6) is 5.75 Å².